The molecule has 4 amide bonds. The predicted octanol–water partition coefficient (Wildman–Crippen LogP) is 6.20. The van der Waals surface area contributed by atoms with E-state index in [0.29, 0.717) is 24.4 Å². The number of carbonyl (C=O) groups excluding carboxylic acids is 5. The Morgan fingerprint density at radius 2 is 1.53 bits per heavy atom. The number of anilines is 1. The molecule has 1 N–H and O–H groups in total. The normalized spacial score (nSPS) is 21.9. The molecular weight excluding hydrogens is 727 g/mol. The lowest BCUT2D eigenvalue weighted by Gasteiger charge is -2.35. The first-order valence-electron chi connectivity index (χ1n) is 21.2. The van der Waals surface area contributed by atoms with Gasteiger partial charge in [0.15, 0.2) is 0 Å². The fourth-order valence-electron chi connectivity index (χ4n) is 10.2. The zero-order chi connectivity index (χ0) is 39.9. The summed E-state index contributed by atoms with van der Waals surface area (Å²) in [6, 6.07) is 22.4. The SMILES string of the molecule is CC(c1cccc2c(C#CC3CCN(C(=O)CN4CCC(c5ccc6c7c(cccc57)N(C5CCC(=O)NC5=O)C6=O)CC4)CC3)cccc12)N1CCC(C=O)CC1. The van der Waals surface area contributed by atoms with E-state index in [-0.39, 0.29) is 42.0 Å². The van der Waals surface area contributed by atoms with Crippen molar-refractivity contribution in [2.45, 2.75) is 76.3 Å². The van der Waals surface area contributed by atoms with Gasteiger partial charge in [0.25, 0.3) is 5.91 Å². The third kappa shape index (κ3) is 7.20. The molecule has 5 heterocycles. The number of fused-ring (bicyclic) bond motifs is 1. The molecule has 10 heteroatoms. The van der Waals surface area contributed by atoms with Gasteiger partial charge in [-0.15, -0.1) is 0 Å². The zero-order valence-electron chi connectivity index (χ0n) is 33.3. The maximum Gasteiger partial charge on any atom is 0.259 e. The molecule has 4 saturated heterocycles. The third-order valence-corrected chi connectivity index (χ3v) is 13.6. The summed E-state index contributed by atoms with van der Waals surface area (Å²) in [6.07, 6.45) is 7.09. The van der Waals surface area contributed by atoms with Gasteiger partial charge in [-0.25, -0.2) is 0 Å². The van der Waals surface area contributed by atoms with Crippen molar-refractivity contribution in [1.82, 2.24) is 20.0 Å². The van der Waals surface area contributed by atoms with E-state index >= 15 is 0 Å². The molecule has 9 rings (SSSR count). The number of nitrogens with zero attached hydrogens (tertiary/aromatic N) is 4. The highest BCUT2D eigenvalue weighted by Crippen LogP contribution is 2.44. The first kappa shape index (κ1) is 38.2. The molecule has 2 unspecified atom stereocenters. The molecular formula is C48H51N5O5. The van der Waals surface area contributed by atoms with Crippen LogP contribution in [-0.4, -0.2) is 96.5 Å². The lowest BCUT2D eigenvalue weighted by atomic mass is 9.85. The third-order valence-electron chi connectivity index (χ3n) is 13.6. The molecule has 298 valence electrons. The van der Waals surface area contributed by atoms with Crippen molar-refractivity contribution in [3.05, 3.63) is 89.0 Å². The van der Waals surface area contributed by atoms with Gasteiger partial charge < -0.3 is 9.69 Å². The number of rotatable bonds is 7. The number of hydrogen-bond donors (Lipinski definition) is 1. The van der Waals surface area contributed by atoms with Gasteiger partial charge in [0.2, 0.25) is 17.7 Å². The van der Waals surface area contributed by atoms with Crippen molar-refractivity contribution in [3.8, 4) is 11.8 Å². The second-order valence-corrected chi connectivity index (χ2v) is 17.0. The summed E-state index contributed by atoms with van der Waals surface area (Å²) in [4.78, 5) is 71.3. The van der Waals surface area contributed by atoms with Crippen LogP contribution in [0.2, 0.25) is 0 Å². The zero-order valence-corrected chi connectivity index (χ0v) is 33.3. The van der Waals surface area contributed by atoms with Gasteiger partial charge in [-0.1, -0.05) is 60.4 Å². The van der Waals surface area contributed by atoms with Crippen molar-refractivity contribution >= 4 is 57.1 Å². The maximum absolute atomic E-state index is 13.6. The minimum atomic E-state index is -0.699. The molecule has 0 saturated carbocycles. The van der Waals surface area contributed by atoms with E-state index in [0.717, 1.165) is 106 Å². The summed E-state index contributed by atoms with van der Waals surface area (Å²) >= 11 is 0. The summed E-state index contributed by atoms with van der Waals surface area (Å²) in [6.45, 7) is 7.68. The molecule has 5 aliphatic heterocycles. The maximum atomic E-state index is 13.6. The molecule has 5 aliphatic rings. The molecule has 10 nitrogen and oxygen atoms in total. The van der Waals surface area contributed by atoms with E-state index in [1.54, 1.807) is 4.90 Å². The number of nitrogens with one attached hydrogen (secondary N) is 1. The lowest BCUT2D eigenvalue weighted by Crippen LogP contribution is -2.53. The van der Waals surface area contributed by atoms with Crippen LogP contribution in [0.5, 0.6) is 0 Å². The van der Waals surface area contributed by atoms with E-state index < -0.39 is 11.9 Å². The van der Waals surface area contributed by atoms with Gasteiger partial charge in [0, 0.05) is 53.9 Å². The van der Waals surface area contributed by atoms with Crippen LogP contribution in [0.3, 0.4) is 0 Å². The van der Waals surface area contributed by atoms with Gasteiger partial charge >= 0.3 is 0 Å². The Bertz CT molecular complexity index is 2360. The van der Waals surface area contributed by atoms with Crippen molar-refractivity contribution in [2.24, 2.45) is 11.8 Å². The van der Waals surface area contributed by atoms with Crippen molar-refractivity contribution in [2.75, 3.05) is 50.7 Å². The van der Waals surface area contributed by atoms with Crippen LogP contribution in [0.25, 0.3) is 21.5 Å². The molecule has 0 radical (unpaired) electrons. The minimum absolute atomic E-state index is 0.187. The second kappa shape index (κ2) is 16.1. The minimum Gasteiger partial charge on any atom is -0.341 e. The number of amides is 4. The molecule has 0 aliphatic carbocycles. The van der Waals surface area contributed by atoms with E-state index in [1.165, 1.54) is 21.9 Å². The van der Waals surface area contributed by atoms with Gasteiger partial charge in [-0.2, -0.15) is 0 Å². The van der Waals surface area contributed by atoms with Crippen LogP contribution in [-0.2, 0) is 19.2 Å². The van der Waals surface area contributed by atoms with Crippen molar-refractivity contribution < 1.29 is 24.0 Å². The molecule has 0 bridgehead atoms. The van der Waals surface area contributed by atoms with E-state index in [1.807, 2.05) is 23.1 Å². The predicted molar refractivity (Wildman–Crippen MR) is 224 cm³/mol. The fourth-order valence-corrected chi connectivity index (χ4v) is 10.2. The van der Waals surface area contributed by atoms with Crippen LogP contribution in [0.1, 0.15) is 97.3 Å². The monoisotopic (exact) mass is 777 g/mol. The summed E-state index contributed by atoms with van der Waals surface area (Å²) < 4.78 is 0. The highest BCUT2D eigenvalue weighted by Gasteiger charge is 2.41. The van der Waals surface area contributed by atoms with Crippen molar-refractivity contribution in [1.29, 1.82) is 0 Å². The average molecular weight is 778 g/mol. The van der Waals surface area contributed by atoms with Crippen molar-refractivity contribution in [3.63, 3.8) is 0 Å². The first-order valence-corrected chi connectivity index (χ1v) is 21.2. The van der Waals surface area contributed by atoms with Crippen LogP contribution >= 0.6 is 0 Å². The summed E-state index contributed by atoms with van der Waals surface area (Å²) in [5.41, 5.74) is 4.91. The Morgan fingerprint density at radius 3 is 2.29 bits per heavy atom. The number of imide groups is 1. The molecule has 4 aromatic rings. The smallest absolute Gasteiger partial charge is 0.259 e. The number of aldehydes is 1. The average Bonchev–Trinajstić information content (AvgIpc) is 3.54. The molecule has 2 atom stereocenters. The Hall–Kier alpha value is -5.37. The first-order chi connectivity index (χ1) is 28.3. The van der Waals surface area contributed by atoms with Crippen LogP contribution in [0, 0.1) is 23.7 Å². The Kier molecular flexibility index (Phi) is 10.6. The topological polar surface area (TPSA) is 110 Å². The number of carbonyl (C=O) groups is 5. The van der Waals surface area contributed by atoms with E-state index in [9.17, 15) is 24.0 Å². The Labute approximate surface area is 339 Å². The Balaban J connectivity index is 0.791. The number of piperidine rings is 4. The number of hydrogen-bond acceptors (Lipinski definition) is 7. The van der Waals surface area contributed by atoms with E-state index in [2.05, 4.69) is 82.4 Å². The van der Waals surface area contributed by atoms with E-state index in [4.69, 9.17) is 0 Å². The molecule has 58 heavy (non-hydrogen) atoms. The largest absolute Gasteiger partial charge is 0.341 e. The van der Waals surface area contributed by atoms with Crippen LogP contribution in [0.4, 0.5) is 5.69 Å². The summed E-state index contributed by atoms with van der Waals surface area (Å²) in [5.74, 6) is 7.11. The fraction of sp³-hybridized carbons (Fsp3) is 0.438. The van der Waals surface area contributed by atoms with Gasteiger partial charge in [-0.05, 0) is 129 Å². The lowest BCUT2D eigenvalue weighted by molar-refractivity contribution is -0.135. The molecule has 4 aromatic carbocycles. The highest BCUT2D eigenvalue weighted by molar-refractivity contribution is 6.27. The Morgan fingerprint density at radius 1 is 0.810 bits per heavy atom. The standard InChI is InChI=1S/C48H51N5O5/c1-31(51-25-19-33(30-54)20-26-51)36-6-3-7-37-34(5-2-8-39(36)37)12-11-32-17-27-52(28-18-32)45(56)29-50-23-21-35(22-24-50)38-13-14-41-46-40(38)9-4-10-42(46)53(48(41)58)43-15-16-44(55)49-47(43)57/h2-10,13-14,30-33,35,43H,15-29H2,1H3,(H,49,55,57). The van der Waals surface area contributed by atoms with Gasteiger partial charge in [0.05, 0.1) is 12.2 Å². The molecule has 4 fully saturated rings. The highest BCUT2D eigenvalue weighted by atomic mass is 16.2. The molecule has 0 aromatic heterocycles. The van der Waals surface area contributed by atoms with Crippen LogP contribution in [0.15, 0.2) is 66.7 Å². The number of benzene rings is 4. The second-order valence-electron chi connectivity index (χ2n) is 17.0. The summed E-state index contributed by atoms with van der Waals surface area (Å²) in [7, 11) is 0. The molecule has 0 spiro atoms. The van der Waals surface area contributed by atoms with Gasteiger partial charge in [0.1, 0.15) is 12.3 Å². The van der Waals surface area contributed by atoms with Gasteiger partial charge in [-0.3, -0.25) is 39.2 Å². The van der Waals surface area contributed by atoms with Crippen LogP contribution < -0.4 is 10.2 Å². The summed E-state index contributed by atoms with van der Waals surface area (Å²) in [5, 5.41) is 6.75. The number of likely N-dealkylation sites (tertiary alicyclic amines) is 3. The quantitative estimate of drug-likeness (QED) is 0.135.